The highest BCUT2D eigenvalue weighted by atomic mass is 32.2. The lowest BCUT2D eigenvalue weighted by Gasteiger charge is -2.33. The van der Waals surface area contributed by atoms with E-state index in [2.05, 4.69) is 0 Å². The number of benzene rings is 1. The Morgan fingerprint density at radius 3 is 2.58 bits per heavy atom. The van der Waals surface area contributed by atoms with Crippen LogP contribution in [0.25, 0.3) is 0 Å². The number of rotatable bonds is 3. The maximum Gasteiger partial charge on any atom is 0.350 e. The van der Waals surface area contributed by atoms with Crippen LogP contribution in [0.15, 0.2) is 24.3 Å². The van der Waals surface area contributed by atoms with Crippen LogP contribution >= 0.6 is 0 Å². The van der Waals surface area contributed by atoms with Gasteiger partial charge in [0.15, 0.2) is 0 Å². The second-order valence-electron chi connectivity index (χ2n) is 4.11. The summed E-state index contributed by atoms with van der Waals surface area (Å²) in [5.41, 5.74) is 0.904. The minimum Gasteiger partial charge on any atom is -0.480 e. The standard InChI is InChI=1S/C11H11F2NO4S/c12-11(13)19(17,18)14-6-5-7-3-1-2-4-8(7)9(14)10(15)16/h1-4,9,11H,5-6H2,(H,15,16). The minimum atomic E-state index is -4.92. The van der Waals surface area contributed by atoms with Gasteiger partial charge in [0.1, 0.15) is 6.04 Å². The molecule has 104 valence electrons. The molecule has 1 aliphatic heterocycles. The summed E-state index contributed by atoms with van der Waals surface area (Å²) < 4.78 is 48.6. The van der Waals surface area contributed by atoms with Crippen LogP contribution in [0.5, 0.6) is 0 Å². The van der Waals surface area contributed by atoms with Gasteiger partial charge in [0, 0.05) is 6.54 Å². The SMILES string of the molecule is O=C(O)C1c2ccccc2CCN1S(=O)(=O)C(F)F. The molecule has 0 amide bonds. The maximum absolute atomic E-state index is 12.6. The first kappa shape index (κ1) is 13.9. The van der Waals surface area contributed by atoms with E-state index in [1.807, 2.05) is 0 Å². The predicted molar refractivity (Wildman–Crippen MR) is 62.2 cm³/mol. The highest BCUT2D eigenvalue weighted by molar-refractivity contribution is 7.89. The number of alkyl halides is 2. The summed E-state index contributed by atoms with van der Waals surface area (Å²) in [5.74, 6) is -5.09. The number of nitrogens with zero attached hydrogens (tertiary/aromatic N) is 1. The molecule has 0 saturated heterocycles. The Hall–Kier alpha value is -1.54. The Kier molecular flexibility index (Phi) is 3.55. The Morgan fingerprint density at radius 2 is 2.00 bits per heavy atom. The molecule has 0 spiro atoms. The van der Waals surface area contributed by atoms with E-state index in [4.69, 9.17) is 5.11 Å². The van der Waals surface area contributed by atoms with Crippen LogP contribution < -0.4 is 0 Å². The first-order valence-corrected chi connectivity index (χ1v) is 6.95. The molecule has 19 heavy (non-hydrogen) atoms. The molecule has 0 fully saturated rings. The number of hydrogen-bond acceptors (Lipinski definition) is 3. The van der Waals surface area contributed by atoms with Crippen molar-refractivity contribution in [3.63, 3.8) is 0 Å². The fourth-order valence-electron chi connectivity index (χ4n) is 2.18. The summed E-state index contributed by atoms with van der Waals surface area (Å²) in [6.07, 6.45) is 0.214. The highest BCUT2D eigenvalue weighted by Gasteiger charge is 2.43. The molecular formula is C11H11F2NO4S. The predicted octanol–water partition coefficient (Wildman–Crippen LogP) is 1.22. The van der Waals surface area contributed by atoms with Crippen molar-refractivity contribution in [3.05, 3.63) is 35.4 Å². The van der Waals surface area contributed by atoms with Crippen LogP contribution in [0.3, 0.4) is 0 Å². The van der Waals surface area contributed by atoms with E-state index < -0.39 is 27.8 Å². The van der Waals surface area contributed by atoms with Crippen LogP contribution in [-0.2, 0) is 21.2 Å². The number of aliphatic carboxylic acids is 1. The molecule has 1 N–H and O–H groups in total. The molecule has 1 aliphatic rings. The van der Waals surface area contributed by atoms with Gasteiger partial charge in [-0.05, 0) is 17.5 Å². The van der Waals surface area contributed by atoms with Gasteiger partial charge < -0.3 is 5.11 Å². The fourth-order valence-corrected chi connectivity index (χ4v) is 3.22. The molecule has 5 nitrogen and oxygen atoms in total. The van der Waals surface area contributed by atoms with E-state index in [0.717, 1.165) is 0 Å². The second kappa shape index (κ2) is 4.86. The molecule has 0 aliphatic carbocycles. The summed E-state index contributed by atoms with van der Waals surface area (Å²) in [6.45, 7) is -0.263. The van der Waals surface area contributed by atoms with Crippen LogP contribution in [0.2, 0.25) is 0 Å². The summed E-state index contributed by atoms with van der Waals surface area (Å²) >= 11 is 0. The molecule has 1 unspecified atom stereocenters. The molecule has 2 rings (SSSR count). The largest absolute Gasteiger partial charge is 0.480 e. The molecule has 0 bridgehead atoms. The van der Waals surface area contributed by atoms with Gasteiger partial charge in [0.05, 0.1) is 0 Å². The molecule has 0 aromatic heterocycles. The Bertz CT molecular complexity index is 602. The van der Waals surface area contributed by atoms with Crippen molar-refractivity contribution in [1.29, 1.82) is 0 Å². The van der Waals surface area contributed by atoms with Crippen molar-refractivity contribution in [1.82, 2.24) is 4.31 Å². The number of carboxylic acid groups (broad SMARTS) is 1. The zero-order valence-electron chi connectivity index (χ0n) is 9.66. The lowest BCUT2D eigenvalue weighted by atomic mass is 9.94. The number of hydrogen-bond donors (Lipinski definition) is 1. The van der Waals surface area contributed by atoms with Gasteiger partial charge in [-0.15, -0.1) is 0 Å². The quantitative estimate of drug-likeness (QED) is 0.908. The van der Waals surface area contributed by atoms with Crippen molar-refractivity contribution in [2.75, 3.05) is 6.54 Å². The molecule has 0 radical (unpaired) electrons. The number of carbonyl (C=O) groups is 1. The van der Waals surface area contributed by atoms with Crippen molar-refractivity contribution in [2.45, 2.75) is 18.2 Å². The van der Waals surface area contributed by atoms with E-state index in [1.54, 1.807) is 18.2 Å². The van der Waals surface area contributed by atoms with Crippen molar-refractivity contribution in [3.8, 4) is 0 Å². The van der Waals surface area contributed by atoms with E-state index in [9.17, 15) is 22.0 Å². The average Bonchev–Trinajstić information content (AvgIpc) is 2.36. The van der Waals surface area contributed by atoms with E-state index in [-0.39, 0.29) is 18.5 Å². The molecule has 1 aromatic carbocycles. The summed E-state index contributed by atoms with van der Waals surface area (Å²) in [5, 5.41) is 9.15. The van der Waals surface area contributed by atoms with Gasteiger partial charge in [0.25, 0.3) is 10.0 Å². The zero-order valence-corrected chi connectivity index (χ0v) is 10.5. The molecular weight excluding hydrogens is 280 g/mol. The maximum atomic E-state index is 12.6. The van der Waals surface area contributed by atoms with Crippen LogP contribution in [0.1, 0.15) is 17.2 Å². The molecule has 1 heterocycles. The second-order valence-corrected chi connectivity index (χ2v) is 5.96. The van der Waals surface area contributed by atoms with Gasteiger partial charge in [-0.1, -0.05) is 24.3 Å². The Morgan fingerprint density at radius 1 is 1.37 bits per heavy atom. The fraction of sp³-hybridized carbons (Fsp3) is 0.364. The first-order chi connectivity index (χ1) is 8.85. The highest BCUT2D eigenvalue weighted by Crippen LogP contribution is 2.33. The zero-order chi connectivity index (χ0) is 14.2. The summed E-state index contributed by atoms with van der Waals surface area (Å²) in [7, 11) is -4.92. The number of fused-ring (bicyclic) bond motifs is 1. The van der Waals surface area contributed by atoms with E-state index >= 15 is 0 Å². The van der Waals surface area contributed by atoms with Crippen LogP contribution in [0, 0.1) is 0 Å². The van der Waals surface area contributed by atoms with Gasteiger partial charge in [0.2, 0.25) is 0 Å². The Labute approximate surface area is 108 Å². The van der Waals surface area contributed by atoms with Gasteiger partial charge in [-0.2, -0.15) is 13.1 Å². The van der Waals surface area contributed by atoms with Crippen molar-refractivity contribution < 1.29 is 27.1 Å². The van der Waals surface area contributed by atoms with E-state index in [0.29, 0.717) is 9.87 Å². The van der Waals surface area contributed by atoms with Crippen molar-refractivity contribution >= 4 is 16.0 Å². The number of carboxylic acids is 1. The summed E-state index contributed by atoms with van der Waals surface area (Å²) in [4.78, 5) is 11.2. The van der Waals surface area contributed by atoms with Gasteiger partial charge >= 0.3 is 11.7 Å². The lowest BCUT2D eigenvalue weighted by Crippen LogP contribution is -2.45. The summed E-state index contributed by atoms with van der Waals surface area (Å²) in [6, 6.07) is 4.75. The van der Waals surface area contributed by atoms with Crippen LogP contribution in [0.4, 0.5) is 8.78 Å². The van der Waals surface area contributed by atoms with E-state index in [1.165, 1.54) is 6.07 Å². The third kappa shape index (κ3) is 2.33. The van der Waals surface area contributed by atoms with Gasteiger partial charge in [-0.25, -0.2) is 8.42 Å². The van der Waals surface area contributed by atoms with Gasteiger partial charge in [-0.3, -0.25) is 4.79 Å². The molecule has 8 heteroatoms. The first-order valence-electron chi connectivity index (χ1n) is 5.45. The third-order valence-corrected chi connectivity index (χ3v) is 4.52. The smallest absolute Gasteiger partial charge is 0.350 e. The number of sulfonamides is 1. The normalized spacial score (nSPS) is 20.3. The number of halogens is 2. The topological polar surface area (TPSA) is 74.7 Å². The monoisotopic (exact) mass is 291 g/mol. The molecule has 1 atom stereocenters. The average molecular weight is 291 g/mol. The lowest BCUT2D eigenvalue weighted by molar-refractivity contribution is -0.142. The molecule has 0 saturated carbocycles. The third-order valence-electron chi connectivity index (χ3n) is 3.03. The Balaban J connectivity index is 2.53. The van der Waals surface area contributed by atoms with Crippen LogP contribution in [-0.4, -0.2) is 36.1 Å². The molecule has 1 aromatic rings. The van der Waals surface area contributed by atoms with Crippen molar-refractivity contribution in [2.24, 2.45) is 0 Å². The minimum absolute atomic E-state index is 0.214.